The maximum atomic E-state index is 11.4. The maximum absolute atomic E-state index is 11.4. The van der Waals surface area contributed by atoms with Gasteiger partial charge in [0.15, 0.2) is 0 Å². The standard InChI is InChI=1S/C9H15NO4/c1-2-5(4-11)10-8(12)6-3-7(6)9(13)14/h5-7,11H,2-4H2,1H3,(H,10,12)(H,13,14)/t5-,6-,7+/m1/s1. The Hall–Kier alpha value is -1.10. The Bertz CT molecular complexity index is 237. The van der Waals surface area contributed by atoms with Crippen LogP contribution in [-0.4, -0.2) is 34.7 Å². The zero-order valence-electron chi connectivity index (χ0n) is 8.06. The highest BCUT2D eigenvalue weighted by atomic mass is 16.4. The number of aliphatic hydroxyl groups excluding tert-OH is 1. The molecular weight excluding hydrogens is 186 g/mol. The molecule has 3 atom stereocenters. The molecule has 0 aromatic rings. The number of carboxylic acids is 1. The fraction of sp³-hybridized carbons (Fsp3) is 0.778. The highest BCUT2D eigenvalue weighted by Crippen LogP contribution is 2.38. The summed E-state index contributed by atoms with van der Waals surface area (Å²) in [6.07, 6.45) is 1.07. The second kappa shape index (κ2) is 4.41. The SMILES string of the molecule is CC[C@H](CO)NC(=O)[C@@H]1C[C@@H]1C(=O)O. The molecule has 0 spiro atoms. The summed E-state index contributed by atoms with van der Waals surface area (Å²) in [4.78, 5) is 21.8. The Kier molecular flexibility index (Phi) is 3.46. The van der Waals surface area contributed by atoms with Crippen molar-refractivity contribution in [1.29, 1.82) is 0 Å². The molecule has 0 radical (unpaired) electrons. The first-order valence-electron chi connectivity index (χ1n) is 4.74. The largest absolute Gasteiger partial charge is 0.481 e. The first-order chi connectivity index (χ1) is 6.60. The van der Waals surface area contributed by atoms with Gasteiger partial charge >= 0.3 is 5.97 Å². The summed E-state index contributed by atoms with van der Waals surface area (Å²) in [5, 5.41) is 20.0. The quantitative estimate of drug-likeness (QED) is 0.564. The Morgan fingerprint density at radius 2 is 2.14 bits per heavy atom. The summed E-state index contributed by atoms with van der Waals surface area (Å²) >= 11 is 0. The molecule has 5 nitrogen and oxygen atoms in total. The van der Waals surface area contributed by atoms with Gasteiger partial charge in [0.25, 0.3) is 0 Å². The van der Waals surface area contributed by atoms with Gasteiger partial charge < -0.3 is 15.5 Å². The Balaban J connectivity index is 2.34. The Morgan fingerprint density at radius 1 is 1.50 bits per heavy atom. The van der Waals surface area contributed by atoms with Gasteiger partial charge in [-0.2, -0.15) is 0 Å². The number of aliphatic hydroxyl groups is 1. The first-order valence-corrected chi connectivity index (χ1v) is 4.74. The number of carboxylic acid groups (broad SMARTS) is 1. The van der Waals surface area contributed by atoms with Crippen LogP contribution >= 0.6 is 0 Å². The summed E-state index contributed by atoms with van der Waals surface area (Å²) in [5.41, 5.74) is 0. The van der Waals surface area contributed by atoms with E-state index in [1.54, 1.807) is 0 Å². The number of carbonyl (C=O) groups is 2. The smallest absolute Gasteiger partial charge is 0.307 e. The molecule has 1 aliphatic carbocycles. The molecular formula is C9H15NO4. The molecule has 0 aromatic carbocycles. The summed E-state index contributed by atoms with van der Waals surface area (Å²) in [6.45, 7) is 1.75. The Labute approximate surface area is 82.1 Å². The van der Waals surface area contributed by atoms with Crippen molar-refractivity contribution in [3.8, 4) is 0 Å². The van der Waals surface area contributed by atoms with Gasteiger partial charge in [-0.15, -0.1) is 0 Å². The molecule has 0 saturated heterocycles. The molecule has 3 N–H and O–H groups in total. The molecule has 1 saturated carbocycles. The summed E-state index contributed by atoms with van der Waals surface area (Å²) in [5.74, 6) is -2.08. The maximum Gasteiger partial charge on any atom is 0.307 e. The van der Waals surface area contributed by atoms with E-state index in [-0.39, 0.29) is 18.6 Å². The van der Waals surface area contributed by atoms with E-state index in [4.69, 9.17) is 10.2 Å². The van der Waals surface area contributed by atoms with E-state index in [1.165, 1.54) is 0 Å². The van der Waals surface area contributed by atoms with E-state index in [2.05, 4.69) is 5.32 Å². The van der Waals surface area contributed by atoms with Crippen LogP contribution in [0.1, 0.15) is 19.8 Å². The summed E-state index contributed by atoms with van der Waals surface area (Å²) in [6, 6.07) is -0.252. The predicted octanol–water partition coefficient (Wildman–Crippen LogP) is -0.406. The molecule has 1 amide bonds. The average Bonchev–Trinajstić information content (AvgIpc) is 2.93. The fourth-order valence-corrected chi connectivity index (χ4v) is 1.34. The molecule has 0 unspecified atom stereocenters. The highest BCUT2D eigenvalue weighted by Gasteiger charge is 2.48. The predicted molar refractivity (Wildman–Crippen MR) is 48.5 cm³/mol. The monoisotopic (exact) mass is 201 g/mol. The number of rotatable bonds is 5. The normalized spacial score (nSPS) is 26.7. The van der Waals surface area contributed by atoms with Gasteiger partial charge in [0.2, 0.25) is 5.91 Å². The van der Waals surface area contributed by atoms with Crippen LogP contribution in [-0.2, 0) is 9.59 Å². The zero-order chi connectivity index (χ0) is 10.7. The van der Waals surface area contributed by atoms with E-state index in [9.17, 15) is 9.59 Å². The van der Waals surface area contributed by atoms with E-state index >= 15 is 0 Å². The van der Waals surface area contributed by atoms with Crippen LogP contribution in [0.5, 0.6) is 0 Å². The molecule has 1 fully saturated rings. The number of amides is 1. The lowest BCUT2D eigenvalue weighted by atomic mass is 10.2. The van der Waals surface area contributed by atoms with Crippen LogP contribution in [0.4, 0.5) is 0 Å². The van der Waals surface area contributed by atoms with Crippen molar-refractivity contribution in [2.75, 3.05) is 6.61 Å². The summed E-state index contributed by atoms with van der Waals surface area (Å²) in [7, 11) is 0. The highest BCUT2D eigenvalue weighted by molar-refractivity contribution is 5.89. The van der Waals surface area contributed by atoms with Gasteiger partial charge in [-0.3, -0.25) is 9.59 Å². The topological polar surface area (TPSA) is 86.6 Å². The van der Waals surface area contributed by atoms with Gasteiger partial charge in [0.1, 0.15) is 0 Å². The minimum atomic E-state index is -0.915. The van der Waals surface area contributed by atoms with Crippen LogP contribution in [0.2, 0.25) is 0 Å². The third-order valence-corrected chi connectivity index (χ3v) is 2.50. The molecule has 80 valence electrons. The van der Waals surface area contributed by atoms with Gasteiger partial charge in [-0.25, -0.2) is 0 Å². The molecule has 5 heteroatoms. The first kappa shape index (κ1) is 11.0. The van der Waals surface area contributed by atoms with Gasteiger partial charge in [0.05, 0.1) is 24.5 Å². The summed E-state index contributed by atoms with van der Waals surface area (Å²) < 4.78 is 0. The van der Waals surface area contributed by atoms with E-state index in [0.29, 0.717) is 12.8 Å². The second-order valence-electron chi connectivity index (χ2n) is 3.58. The van der Waals surface area contributed by atoms with E-state index in [0.717, 1.165) is 0 Å². The van der Waals surface area contributed by atoms with Crippen LogP contribution in [0.3, 0.4) is 0 Å². The third-order valence-electron chi connectivity index (χ3n) is 2.50. The average molecular weight is 201 g/mol. The molecule has 14 heavy (non-hydrogen) atoms. The van der Waals surface area contributed by atoms with Crippen LogP contribution in [0.25, 0.3) is 0 Å². The molecule has 1 rings (SSSR count). The lowest BCUT2D eigenvalue weighted by molar-refractivity contribution is -0.140. The number of nitrogens with one attached hydrogen (secondary N) is 1. The number of aliphatic carboxylic acids is 1. The fourth-order valence-electron chi connectivity index (χ4n) is 1.34. The number of hydrogen-bond donors (Lipinski definition) is 3. The number of carbonyl (C=O) groups excluding carboxylic acids is 1. The van der Waals surface area contributed by atoms with Crippen molar-refractivity contribution in [1.82, 2.24) is 5.32 Å². The zero-order valence-corrected chi connectivity index (χ0v) is 8.06. The third kappa shape index (κ3) is 2.45. The van der Waals surface area contributed by atoms with Gasteiger partial charge in [-0.05, 0) is 12.8 Å². The lowest BCUT2D eigenvalue weighted by Crippen LogP contribution is -2.38. The van der Waals surface area contributed by atoms with Gasteiger partial charge in [0, 0.05) is 0 Å². The van der Waals surface area contributed by atoms with Crippen molar-refractivity contribution in [3.05, 3.63) is 0 Å². The van der Waals surface area contributed by atoms with Crippen molar-refractivity contribution in [3.63, 3.8) is 0 Å². The van der Waals surface area contributed by atoms with E-state index in [1.807, 2.05) is 6.92 Å². The van der Waals surface area contributed by atoms with Crippen molar-refractivity contribution >= 4 is 11.9 Å². The van der Waals surface area contributed by atoms with E-state index < -0.39 is 17.8 Å². The minimum absolute atomic E-state index is 0.104. The molecule has 0 aromatic heterocycles. The van der Waals surface area contributed by atoms with Crippen molar-refractivity contribution in [2.45, 2.75) is 25.8 Å². The minimum Gasteiger partial charge on any atom is -0.481 e. The van der Waals surface area contributed by atoms with Crippen LogP contribution < -0.4 is 5.32 Å². The van der Waals surface area contributed by atoms with Gasteiger partial charge in [-0.1, -0.05) is 6.92 Å². The molecule has 0 heterocycles. The van der Waals surface area contributed by atoms with Crippen LogP contribution in [0.15, 0.2) is 0 Å². The van der Waals surface area contributed by atoms with Crippen LogP contribution in [0, 0.1) is 11.8 Å². The lowest BCUT2D eigenvalue weighted by Gasteiger charge is -2.13. The second-order valence-corrected chi connectivity index (χ2v) is 3.58. The molecule has 1 aliphatic rings. The number of hydrogen-bond acceptors (Lipinski definition) is 3. The molecule has 0 aliphatic heterocycles. The van der Waals surface area contributed by atoms with Crippen molar-refractivity contribution < 1.29 is 19.8 Å². The molecule has 0 bridgehead atoms. The Morgan fingerprint density at radius 3 is 2.50 bits per heavy atom. The van der Waals surface area contributed by atoms with Crippen molar-refractivity contribution in [2.24, 2.45) is 11.8 Å².